The van der Waals surface area contributed by atoms with Crippen LogP contribution in [0.3, 0.4) is 0 Å². The summed E-state index contributed by atoms with van der Waals surface area (Å²) in [5, 5.41) is 9.77. The lowest BCUT2D eigenvalue weighted by molar-refractivity contribution is -0.121. The second-order valence-electron chi connectivity index (χ2n) is 5.03. The third-order valence-corrected chi connectivity index (χ3v) is 3.50. The number of nitrogens with zero attached hydrogens (tertiary/aromatic N) is 3. The van der Waals surface area contributed by atoms with E-state index in [4.69, 9.17) is 0 Å². The minimum absolute atomic E-state index is 0.222. The summed E-state index contributed by atoms with van der Waals surface area (Å²) in [6.45, 7) is 0. The molecule has 0 aliphatic carbocycles. The van der Waals surface area contributed by atoms with E-state index in [0.717, 1.165) is 21.9 Å². The number of fused-ring (bicyclic) bond motifs is 1. The third kappa shape index (κ3) is 2.04. The van der Waals surface area contributed by atoms with E-state index in [1.54, 1.807) is 6.20 Å². The highest BCUT2D eigenvalue weighted by Gasteiger charge is 2.29. The Morgan fingerprint density at radius 3 is 2.60 bits per heavy atom. The molecule has 0 radical (unpaired) electrons. The Labute approximate surface area is 117 Å². The molecular formula is C16H15N3O. The highest BCUT2D eigenvalue weighted by atomic mass is 16.2. The van der Waals surface area contributed by atoms with Crippen molar-refractivity contribution < 1.29 is 4.79 Å². The molecule has 20 heavy (non-hydrogen) atoms. The van der Waals surface area contributed by atoms with Crippen molar-refractivity contribution in [3.63, 3.8) is 0 Å². The topological polar surface area (TPSA) is 45.0 Å². The van der Waals surface area contributed by atoms with Crippen molar-refractivity contribution >= 4 is 22.3 Å². The van der Waals surface area contributed by atoms with E-state index < -0.39 is 0 Å². The molecule has 0 aromatic heterocycles. The zero-order valence-corrected chi connectivity index (χ0v) is 11.4. The summed E-state index contributed by atoms with van der Waals surface area (Å²) in [5.41, 5.74) is 1.93. The SMILES string of the molecule is CN(C)C1C(=O)N=NC=C1c1cccc2ccccc12. The van der Waals surface area contributed by atoms with Crippen LogP contribution in [0.15, 0.2) is 58.9 Å². The first-order valence-corrected chi connectivity index (χ1v) is 6.48. The molecule has 100 valence electrons. The maximum absolute atomic E-state index is 12.0. The molecule has 1 atom stereocenters. The first-order chi connectivity index (χ1) is 9.68. The molecule has 1 aliphatic heterocycles. The third-order valence-electron chi connectivity index (χ3n) is 3.50. The molecule has 2 aromatic rings. The van der Waals surface area contributed by atoms with Gasteiger partial charge in [0.15, 0.2) is 0 Å². The van der Waals surface area contributed by atoms with Crippen LogP contribution in [0.2, 0.25) is 0 Å². The lowest BCUT2D eigenvalue weighted by Gasteiger charge is -2.25. The molecule has 0 bridgehead atoms. The number of carbonyl (C=O) groups excluding carboxylic acids is 1. The van der Waals surface area contributed by atoms with Crippen LogP contribution in [0.5, 0.6) is 0 Å². The minimum atomic E-state index is -0.377. The first-order valence-electron chi connectivity index (χ1n) is 6.48. The van der Waals surface area contributed by atoms with Crippen LogP contribution in [0, 0.1) is 0 Å². The van der Waals surface area contributed by atoms with E-state index in [2.05, 4.69) is 28.4 Å². The lowest BCUT2D eigenvalue weighted by Crippen LogP contribution is -2.36. The van der Waals surface area contributed by atoms with Crippen molar-refractivity contribution in [3.8, 4) is 0 Å². The van der Waals surface area contributed by atoms with E-state index in [-0.39, 0.29) is 11.9 Å². The number of hydrogen-bond donors (Lipinski definition) is 0. The molecular weight excluding hydrogens is 250 g/mol. The number of hydrogen-bond acceptors (Lipinski definition) is 3. The van der Waals surface area contributed by atoms with Crippen molar-refractivity contribution in [2.45, 2.75) is 6.04 Å². The molecule has 0 spiro atoms. The highest BCUT2D eigenvalue weighted by Crippen LogP contribution is 2.31. The van der Waals surface area contributed by atoms with Crippen molar-refractivity contribution in [3.05, 3.63) is 54.2 Å². The number of carbonyl (C=O) groups is 1. The monoisotopic (exact) mass is 265 g/mol. The fourth-order valence-electron chi connectivity index (χ4n) is 2.60. The minimum Gasteiger partial charge on any atom is -0.294 e. The Morgan fingerprint density at radius 2 is 1.80 bits per heavy atom. The zero-order valence-electron chi connectivity index (χ0n) is 11.4. The molecule has 0 N–H and O–H groups in total. The second-order valence-corrected chi connectivity index (χ2v) is 5.03. The van der Waals surface area contributed by atoms with Crippen molar-refractivity contribution in [2.75, 3.05) is 14.1 Å². The molecule has 0 saturated carbocycles. The molecule has 4 heteroatoms. The summed E-state index contributed by atoms with van der Waals surface area (Å²) in [7, 11) is 3.75. The van der Waals surface area contributed by atoms with Gasteiger partial charge in [-0.25, -0.2) is 0 Å². The maximum atomic E-state index is 12.0. The van der Waals surface area contributed by atoms with E-state index in [1.165, 1.54) is 0 Å². The molecule has 4 nitrogen and oxygen atoms in total. The van der Waals surface area contributed by atoms with Crippen LogP contribution in [0.4, 0.5) is 0 Å². The van der Waals surface area contributed by atoms with E-state index in [0.29, 0.717) is 0 Å². The normalized spacial score (nSPS) is 18.6. The van der Waals surface area contributed by atoms with Gasteiger partial charge in [0.2, 0.25) is 0 Å². The van der Waals surface area contributed by atoms with E-state index in [9.17, 15) is 4.79 Å². The Balaban J connectivity index is 2.21. The number of rotatable bonds is 2. The number of benzene rings is 2. The average molecular weight is 265 g/mol. The molecule has 1 heterocycles. The lowest BCUT2D eigenvalue weighted by atomic mass is 9.93. The van der Waals surface area contributed by atoms with Gasteiger partial charge in [0.25, 0.3) is 5.91 Å². The quantitative estimate of drug-likeness (QED) is 0.837. The van der Waals surface area contributed by atoms with Gasteiger partial charge in [-0.2, -0.15) is 5.11 Å². The molecule has 3 rings (SSSR count). The van der Waals surface area contributed by atoms with Crippen LogP contribution >= 0.6 is 0 Å². The highest BCUT2D eigenvalue weighted by molar-refractivity contribution is 6.03. The summed E-state index contributed by atoms with van der Waals surface area (Å²) in [6.07, 6.45) is 1.69. The van der Waals surface area contributed by atoms with Crippen LogP contribution < -0.4 is 0 Å². The Kier molecular flexibility index (Phi) is 3.16. The van der Waals surface area contributed by atoms with Gasteiger partial charge in [-0.15, -0.1) is 5.11 Å². The largest absolute Gasteiger partial charge is 0.294 e. The summed E-state index contributed by atoms with van der Waals surface area (Å²) in [6, 6.07) is 13.9. The summed E-state index contributed by atoms with van der Waals surface area (Å²) in [4.78, 5) is 13.9. The van der Waals surface area contributed by atoms with Crippen LogP contribution in [0.1, 0.15) is 5.56 Å². The summed E-state index contributed by atoms with van der Waals surface area (Å²) in [5.74, 6) is -0.222. The van der Waals surface area contributed by atoms with Crippen molar-refractivity contribution in [1.29, 1.82) is 0 Å². The van der Waals surface area contributed by atoms with Gasteiger partial charge in [0.05, 0.1) is 6.20 Å². The fourth-order valence-corrected chi connectivity index (χ4v) is 2.60. The first kappa shape index (κ1) is 12.7. The van der Waals surface area contributed by atoms with Crippen LogP contribution in [-0.4, -0.2) is 30.9 Å². The van der Waals surface area contributed by atoms with Gasteiger partial charge in [-0.3, -0.25) is 9.69 Å². The maximum Gasteiger partial charge on any atom is 0.286 e. The standard InChI is InChI=1S/C16H15N3O/c1-19(2)15-14(10-17-18-16(15)20)13-9-5-7-11-6-3-4-8-12(11)13/h3-10,15H,1-2H3. The van der Waals surface area contributed by atoms with Gasteiger partial charge < -0.3 is 0 Å². The molecule has 2 aromatic carbocycles. The molecule has 0 fully saturated rings. The smallest absolute Gasteiger partial charge is 0.286 e. The Hall–Kier alpha value is -2.33. The van der Waals surface area contributed by atoms with Gasteiger partial charge in [0.1, 0.15) is 6.04 Å². The summed E-state index contributed by atoms with van der Waals surface area (Å²) >= 11 is 0. The molecule has 0 saturated heterocycles. The van der Waals surface area contributed by atoms with Crippen molar-refractivity contribution in [1.82, 2.24) is 4.90 Å². The van der Waals surface area contributed by atoms with Crippen LogP contribution in [0.25, 0.3) is 16.3 Å². The molecule has 1 aliphatic rings. The number of azo groups is 1. The number of amides is 1. The second kappa shape index (κ2) is 4.98. The predicted molar refractivity (Wildman–Crippen MR) is 79.3 cm³/mol. The predicted octanol–water partition coefficient (Wildman–Crippen LogP) is 3.10. The van der Waals surface area contributed by atoms with E-state index in [1.807, 2.05) is 43.3 Å². The fraction of sp³-hybridized carbons (Fsp3) is 0.188. The molecule has 1 unspecified atom stereocenters. The van der Waals surface area contributed by atoms with Gasteiger partial charge in [-0.1, -0.05) is 42.5 Å². The summed E-state index contributed by atoms with van der Waals surface area (Å²) < 4.78 is 0. The zero-order chi connectivity index (χ0) is 14.1. The van der Waals surface area contributed by atoms with Gasteiger partial charge >= 0.3 is 0 Å². The van der Waals surface area contributed by atoms with Gasteiger partial charge in [-0.05, 0) is 30.4 Å². The van der Waals surface area contributed by atoms with Crippen molar-refractivity contribution in [2.24, 2.45) is 10.2 Å². The van der Waals surface area contributed by atoms with Gasteiger partial charge in [0, 0.05) is 5.57 Å². The van der Waals surface area contributed by atoms with Crippen LogP contribution in [-0.2, 0) is 4.79 Å². The van der Waals surface area contributed by atoms with E-state index >= 15 is 0 Å². The Morgan fingerprint density at radius 1 is 1.05 bits per heavy atom. The number of likely N-dealkylation sites (N-methyl/N-ethyl adjacent to an activating group) is 1. The average Bonchev–Trinajstić information content (AvgIpc) is 2.46. The molecule has 1 amide bonds. The Bertz CT molecular complexity index is 726.